The van der Waals surface area contributed by atoms with Gasteiger partial charge < -0.3 is 31.1 Å². The summed E-state index contributed by atoms with van der Waals surface area (Å²) in [6.45, 7) is 10.4. The molecule has 2 aliphatic heterocycles. The third kappa shape index (κ3) is 6.13. The Balaban J connectivity index is 0.00000164. The zero-order valence-corrected chi connectivity index (χ0v) is 22.3. The molecule has 2 fully saturated rings. The van der Waals surface area contributed by atoms with Crippen LogP contribution in [0.4, 0.5) is 11.4 Å². The van der Waals surface area contributed by atoms with Crippen molar-refractivity contribution >= 4 is 23.3 Å². The highest BCUT2D eigenvalue weighted by Crippen LogP contribution is 2.27. The van der Waals surface area contributed by atoms with Crippen LogP contribution in [0.1, 0.15) is 13.8 Å². The van der Waals surface area contributed by atoms with E-state index in [1.165, 1.54) is 0 Å². The number of nitrogens with zero attached hydrogens (tertiary/aromatic N) is 6. The lowest BCUT2D eigenvalue weighted by Crippen LogP contribution is -2.50. The van der Waals surface area contributed by atoms with E-state index in [1.807, 2.05) is 29.7 Å². The van der Waals surface area contributed by atoms with Crippen LogP contribution in [-0.4, -0.2) is 84.0 Å². The summed E-state index contributed by atoms with van der Waals surface area (Å²) in [6.07, 6.45) is 1.62. The minimum absolute atomic E-state index is 0.145. The van der Waals surface area contributed by atoms with Gasteiger partial charge in [0.15, 0.2) is 11.9 Å². The van der Waals surface area contributed by atoms with Gasteiger partial charge in [-0.05, 0) is 30.3 Å². The van der Waals surface area contributed by atoms with Crippen LogP contribution >= 0.6 is 0 Å². The Morgan fingerprint density at radius 3 is 1.26 bits per heavy atom. The molecule has 0 unspecified atom stereocenters. The van der Waals surface area contributed by atoms with Crippen LogP contribution in [0.3, 0.4) is 0 Å². The molecule has 1 aromatic heterocycles. The molecule has 0 atom stereocenters. The number of benzene rings is 2. The molecule has 2 aromatic carbocycles. The molecular weight excluding hydrogens is 476 g/mol. The molecule has 6 N–H and O–H groups in total. The van der Waals surface area contributed by atoms with E-state index in [-0.39, 0.29) is 11.9 Å². The quantitative estimate of drug-likeness (QED) is 0.308. The number of aromatic nitrogens is 2. The highest BCUT2D eigenvalue weighted by molar-refractivity contribution is 5.75. The maximum atomic E-state index is 7.60. The van der Waals surface area contributed by atoms with Crippen LogP contribution < -0.4 is 21.3 Å². The second-order valence-electron chi connectivity index (χ2n) is 9.10. The van der Waals surface area contributed by atoms with Gasteiger partial charge >= 0.3 is 0 Å². The molecule has 3 aromatic rings. The van der Waals surface area contributed by atoms with Gasteiger partial charge in [0.25, 0.3) is 0 Å². The summed E-state index contributed by atoms with van der Waals surface area (Å²) in [6, 6.07) is 18.9. The van der Waals surface area contributed by atoms with Crippen LogP contribution in [-0.2, 0) is 0 Å². The number of piperazine rings is 2. The van der Waals surface area contributed by atoms with E-state index in [4.69, 9.17) is 22.3 Å². The Morgan fingerprint density at radius 1 is 0.605 bits per heavy atom. The molecule has 0 bridgehead atoms. The van der Waals surface area contributed by atoms with E-state index in [0.717, 1.165) is 86.2 Å². The molecule has 0 aliphatic carbocycles. The SMILES string of the molecule is CC.N=C(N)N1CCN(c2ccc(-c3cc(-c4ccc(N5CCN(C(=N)N)CC5)cc4)ncn3)cc2)CC1. The Kier molecular flexibility index (Phi) is 8.62. The number of rotatable bonds is 4. The summed E-state index contributed by atoms with van der Waals surface area (Å²) in [5.41, 5.74) is 17.4. The normalized spacial score (nSPS) is 15.5. The molecule has 0 spiro atoms. The summed E-state index contributed by atoms with van der Waals surface area (Å²) >= 11 is 0. The highest BCUT2D eigenvalue weighted by atomic mass is 15.3. The Morgan fingerprint density at radius 2 is 0.947 bits per heavy atom. The number of nitrogens with two attached hydrogens (primary N) is 2. The molecular formula is C28H38N10. The van der Waals surface area contributed by atoms with Crippen molar-refractivity contribution in [1.29, 1.82) is 10.8 Å². The van der Waals surface area contributed by atoms with Crippen molar-refractivity contribution in [3.8, 4) is 22.5 Å². The first-order valence-electron chi connectivity index (χ1n) is 13.2. The third-order valence-electron chi connectivity index (χ3n) is 6.96. The minimum Gasteiger partial charge on any atom is -0.370 e. The fraction of sp³-hybridized carbons (Fsp3) is 0.357. The zero-order chi connectivity index (χ0) is 27.1. The average molecular weight is 515 g/mol. The topological polar surface area (TPSA) is 138 Å². The highest BCUT2D eigenvalue weighted by Gasteiger charge is 2.19. The predicted octanol–water partition coefficient (Wildman–Crippen LogP) is 2.87. The van der Waals surface area contributed by atoms with Gasteiger partial charge in [-0.15, -0.1) is 0 Å². The van der Waals surface area contributed by atoms with E-state index < -0.39 is 0 Å². The summed E-state index contributed by atoms with van der Waals surface area (Å²) in [5, 5.41) is 15.2. The second-order valence-corrected chi connectivity index (χ2v) is 9.10. The van der Waals surface area contributed by atoms with Crippen molar-refractivity contribution in [2.75, 3.05) is 62.2 Å². The molecule has 200 valence electrons. The molecule has 2 saturated heterocycles. The number of nitrogens with one attached hydrogen (secondary N) is 2. The van der Waals surface area contributed by atoms with Gasteiger partial charge in [0.2, 0.25) is 0 Å². The van der Waals surface area contributed by atoms with Gasteiger partial charge in [0.05, 0.1) is 11.4 Å². The van der Waals surface area contributed by atoms with E-state index in [9.17, 15) is 0 Å². The van der Waals surface area contributed by atoms with Crippen molar-refractivity contribution in [3.05, 3.63) is 60.9 Å². The third-order valence-corrected chi connectivity index (χ3v) is 6.96. The van der Waals surface area contributed by atoms with Crippen LogP contribution in [0.15, 0.2) is 60.9 Å². The van der Waals surface area contributed by atoms with Crippen LogP contribution in [0, 0.1) is 10.8 Å². The lowest BCUT2D eigenvalue weighted by Gasteiger charge is -2.36. The first-order valence-corrected chi connectivity index (χ1v) is 13.2. The smallest absolute Gasteiger partial charge is 0.188 e. The standard InChI is InChI=1S/C26H32N10.C2H6/c27-25(28)35-13-9-33(10-14-35)21-5-1-19(2-6-21)23-17-24(32-18-31-23)20-3-7-22(8-4-20)34-11-15-36(16-12-34)26(29)30;1-2/h1-8,17-18H,9-16H2,(H3,27,28)(H3,29,30);1-2H3. The van der Waals surface area contributed by atoms with Gasteiger partial charge in [-0.3, -0.25) is 10.8 Å². The van der Waals surface area contributed by atoms with Gasteiger partial charge in [0, 0.05) is 74.9 Å². The van der Waals surface area contributed by atoms with Gasteiger partial charge in [-0.2, -0.15) is 0 Å². The molecule has 10 heteroatoms. The molecule has 10 nitrogen and oxygen atoms in total. The minimum atomic E-state index is 0.145. The van der Waals surface area contributed by atoms with Crippen LogP contribution in [0.5, 0.6) is 0 Å². The average Bonchev–Trinajstić information content (AvgIpc) is 2.98. The van der Waals surface area contributed by atoms with Crippen LogP contribution in [0.2, 0.25) is 0 Å². The molecule has 0 saturated carbocycles. The lowest BCUT2D eigenvalue weighted by atomic mass is 10.1. The second kappa shape index (κ2) is 12.3. The maximum absolute atomic E-state index is 7.60. The van der Waals surface area contributed by atoms with E-state index in [0.29, 0.717) is 0 Å². The van der Waals surface area contributed by atoms with Crippen molar-refractivity contribution in [2.45, 2.75) is 13.8 Å². The monoisotopic (exact) mass is 514 g/mol. The summed E-state index contributed by atoms with van der Waals surface area (Å²) in [4.78, 5) is 17.4. The molecule has 0 amide bonds. The van der Waals surface area contributed by atoms with Crippen molar-refractivity contribution in [1.82, 2.24) is 19.8 Å². The Hall–Kier alpha value is -4.34. The molecule has 5 rings (SSSR count). The Labute approximate surface area is 224 Å². The lowest BCUT2D eigenvalue weighted by molar-refractivity contribution is 0.380. The van der Waals surface area contributed by atoms with Gasteiger partial charge in [-0.1, -0.05) is 38.1 Å². The summed E-state index contributed by atoms with van der Waals surface area (Å²) in [7, 11) is 0. The van der Waals surface area contributed by atoms with Crippen molar-refractivity contribution in [3.63, 3.8) is 0 Å². The molecule has 38 heavy (non-hydrogen) atoms. The van der Waals surface area contributed by atoms with Crippen molar-refractivity contribution in [2.24, 2.45) is 11.5 Å². The number of hydrogen-bond acceptors (Lipinski definition) is 6. The summed E-state index contributed by atoms with van der Waals surface area (Å²) in [5.74, 6) is 0.290. The fourth-order valence-electron chi connectivity index (χ4n) is 4.77. The van der Waals surface area contributed by atoms with E-state index in [2.05, 4.69) is 68.3 Å². The van der Waals surface area contributed by atoms with E-state index in [1.54, 1.807) is 6.33 Å². The first kappa shape index (κ1) is 26.7. The fourth-order valence-corrected chi connectivity index (χ4v) is 4.77. The van der Waals surface area contributed by atoms with E-state index >= 15 is 0 Å². The van der Waals surface area contributed by atoms with Gasteiger partial charge in [-0.25, -0.2) is 9.97 Å². The van der Waals surface area contributed by atoms with Crippen molar-refractivity contribution < 1.29 is 0 Å². The zero-order valence-electron chi connectivity index (χ0n) is 22.3. The Bertz CT molecular complexity index is 1120. The van der Waals surface area contributed by atoms with Crippen LogP contribution in [0.25, 0.3) is 22.5 Å². The largest absolute Gasteiger partial charge is 0.370 e. The number of hydrogen-bond donors (Lipinski definition) is 4. The first-order chi connectivity index (χ1) is 18.5. The molecule has 2 aliphatic rings. The maximum Gasteiger partial charge on any atom is 0.188 e. The molecule has 3 heterocycles. The number of guanidine groups is 2. The molecule has 0 radical (unpaired) electrons. The predicted molar refractivity (Wildman–Crippen MR) is 156 cm³/mol. The summed E-state index contributed by atoms with van der Waals surface area (Å²) < 4.78 is 0. The van der Waals surface area contributed by atoms with Gasteiger partial charge in [0.1, 0.15) is 6.33 Å². The number of anilines is 2.